The quantitative estimate of drug-likeness (QED) is 0.807. The predicted octanol–water partition coefficient (Wildman–Crippen LogP) is 4.47. The molecule has 0 aliphatic heterocycles. The Bertz CT molecular complexity index is 589. The Morgan fingerprint density at radius 2 is 2.20 bits per heavy atom. The lowest BCUT2D eigenvalue weighted by Crippen LogP contribution is -2.08. The SMILES string of the molecule is CNCc1cc(Cl)cc(OC)c1OCc1sccc1Br. The van der Waals surface area contributed by atoms with E-state index in [9.17, 15) is 0 Å². The molecule has 2 rings (SSSR count). The van der Waals surface area contributed by atoms with E-state index in [1.165, 1.54) is 0 Å². The molecule has 0 saturated heterocycles. The summed E-state index contributed by atoms with van der Waals surface area (Å²) >= 11 is 11.2. The number of hydrogen-bond donors (Lipinski definition) is 1. The van der Waals surface area contributed by atoms with E-state index in [2.05, 4.69) is 21.2 Å². The second-order valence-corrected chi connectivity index (χ2v) is 6.40. The average molecular weight is 377 g/mol. The number of halogens is 2. The third-order valence-electron chi connectivity index (χ3n) is 2.72. The molecule has 0 spiro atoms. The van der Waals surface area contributed by atoms with Crippen molar-refractivity contribution in [2.45, 2.75) is 13.2 Å². The Kier molecular flexibility index (Phi) is 5.72. The van der Waals surface area contributed by atoms with Crippen molar-refractivity contribution in [3.63, 3.8) is 0 Å². The van der Waals surface area contributed by atoms with E-state index in [4.69, 9.17) is 21.1 Å². The Morgan fingerprint density at radius 3 is 2.80 bits per heavy atom. The van der Waals surface area contributed by atoms with Crippen LogP contribution in [0.5, 0.6) is 11.5 Å². The largest absolute Gasteiger partial charge is 0.493 e. The first kappa shape index (κ1) is 15.6. The average Bonchev–Trinajstić information content (AvgIpc) is 2.83. The van der Waals surface area contributed by atoms with Gasteiger partial charge in [0, 0.05) is 27.7 Å². The van der Waals surface area contributed by atoms with Gasteiger partial charge >= 0.3 is 0 Å². The summed E-state index contributed by atoms with van der Waals surface area (Å²) in [5.41, 5.74) is 0.976. The standard InChI is InChI=1S/C14H15BrClNO2S/c1-17-7-9-5-10(16)6-12(18-2)14(9)19-8-13-11(15)3-4-20-13/h3-6,17H,7-8H2,1-2H3. The molecular formula is C14H15BrClNO2S. The van der Waals surface area contributed by atoms with Crippen LogP contribution in [-0.2, 0) is 13.2 Å². The van der Waals surface area contributed by atoms with Crippen LogP contribution in [0.25, 0.3) is 0 Å². The summed E-state index contributed by atoms with van der Waals surface area (Å²) in [6.07, 6.45) is 0. The molecule has 0 saturated carbocycles. The zero-order valence-electron chi connectivity index (χ0n) is 11.2. The summed E-state index contributed by atoms with van der Waals surface area (Å²) in [6.45, 7) is 1.16. The summed E-state index contributed by atoms with van der Waals surface area (Å²) in [5.74, 6) is 1.38. The summed E-state index contributed by atoms with van der Waals surface area (Å²) in [6, 6.07) is 5.66. The van der Waals surface area contributed by atoms with E-state index in [0.29, 0.717) is 23.9 Å². The van der Waals surface area contributed by atoms with Crippen LogP contribution in [0.4, 0.5) is 0 Å². The monoisotopic (exact) mass is 375 g/mol. The minimum absolute atomic E-state index is 0.493. The van der Waals surface area contributed by atoms with Crippen LogP contribution >= 0.6 is 38.9 Å². The number of thiophene rings is 1. The lowest BCUT2D eigenvalue weighted by Gasteiger charge is -2.15. The van der Waals surface area contributed by atoms with Crippen molar-refractivity contribution in [2.75, 3.05) is 14.2 Å². The molecule has 108 valence electrons. The first-order chi connectivity index (χ1) is 9.65. The minimum atomic E-state index is 0.493. The minimum Gasteiger partial charge on any atom is -0.493 e. The molecule has 0 bridgehead atoms. The van der Waals surface area contributed by atoms with Gasteiger partial charge in [0.05, 0.1) is 12.0 Å². The van der Waals surface area contributed by atoms with Crippen molar-refractivity contribution >= 4 is 38.9 Å². The number of benzene rings is 1. The fourth-order valence-corrected chi connectivity index (χ4v) is 3.43. The Morgan fingerprint density at radius 1 is 1.40 bits per heavy atom. The maximum absolute atomic E-state index is 6.09. The molecule has 1 aromatic carbocycles. The number of hydrogen-bond acceptors (Lipinski definition) is 4. The van der Waals surface area contributed by atoms with E-state index in [0.717, 1.165) is 20.7 Å². The molecule has 6 heteroatoms. The Balaban J connectivity index is 2.26. The number of ether oxygens (including phenoxy) is 2. The maximum Gasteiger partial charge on any atom is 0.166 e. The maximum atomic E-state index is 6.09. The molecule has 1 N–H and O–H groups in total. The molecular weight excluding hydrogens is 362 g/mol. The highest BCUT2D eigenvalue weighted by atomic mass is 79.9. The van der Waals surface area contributed by atoms with Gasteiger partial charge in [0.2, 0.25) is 0 Å². The van der Waals surface area contributed by atoms with Crippen molar-refractivity contribution in [3.05, 3.63) is 43.5 Å². The molecule has 0 amide bonds. The lowest BCUT2D eigenvalue weighted by molar-refractivity contribution is 0.283. The fourth-order valence-electron chi connectivity index (χ4n) is 1.83. The van der Waals surface area contributed by atoms with Gasteiger partial charge in [-0.15, -0.1) is 11.3 Å². The van der Waals surface area contributed by atoms with Gasteiger partial charge in [0.15, 0.2) is 11.5 Å². The van der Waals surface area contributed by atoms with E-state index in [1.54, 1.807) is 24.5 Å². The van der Waals surface area contributed by atoms with Gasteiger partial charge in [-0.3, -0.25) is 0 Å². The summed E-state index contributed by atoms with van der Waals surface area (Å²) in [7, 11) is 3.50. The first-order valence-electron chi connectivity index (χ1n) is 6.01. The molecule has 0 radical (unpaired) electrons. The Hall–Kier alpha value is -0.750. The van der Waals surface area contributed by atoms with Gasteiger partial charge in [-0.05, 0) is 40.5 Å². The van der Waals surface area contributed by atoms with E-state index in [-0.39, 0.29) is 0 Å². The van der Waals surface area contributed by atoms with Gasteiger partial charge < -0.3 is 14.8 Å². The zero-order valence-corrected chi connectivity index (χ0v) is 14.4. The summed E-state index contributed by atoms with van der Waals surface area (Å²) < 4.78 is 12.4. The molecule has 3 nitrogen and oxygen atoms in total. The molecule has 0 unspecified atom stereocenters. The van der Waals surface area contributed by atoms with E-state index < -0.39 is 0 Å². The highest BCUT2D eigenvalue weighted by molar-refractivity contribution is 9.10. The molecule has 0 fully saturated rings. The van der Waals surface area contributed by atoms with Crippen LogP contribution in [0.1, 0.15) is 10.4 Å². The smallest absolute Gasteiger partial charge is 0.166 e. The normalized spacial score (nSPS) is 10.6. The van der Waals surface area contributed by atoms with Crippen LogP contribution in [0, 0.1) is 0 Å². The number of nitrogens with one attached hydrogen (secondary N) is 1. The first-order valence-corrected chi connectivity index (χ1v) is 8.06. The van der Waals surface area contributed by atoms with Crippen LogP contribution in [0.15, 0.2) is 28.1 Å². The van der Waals surface area contributed by atoms with Crippen LogP contribution in [-0.4, -0.2) is 14.2 Å². The fraction of sp³-hybridized carbons (Fsp3) is 0.286. The molecule has 0 atom stereocenters. The molecule has 0 aliphatic rings. The summed E-state index contributed by atoms with van der Waals surface area (Å²) in [5, 5.41) is 5.77. The van der Waals surface area contributed by atoms with Gasteiger partial charge in [-0.1, -0.05) is 11.6 Å². The van der Waals surface area contributed by atoms with E-state index in [1.807, 2.05) is 24.6 Å². The third kappa shape index (κ3) is 3.67. The van der Waals surface area contributed by atoms with Crippen LogP contribution in [0.3, 0.4) is 0 Å². The van der Waals surface area contributed by atoms with Crippen molar-refractivity contribution in [1.29, 1.82) is 0 Å². The predicted molar refractivity (Wildman–Crippen MR) is 87.1 cm³/mol. The van der Waals surface area contributed by atoms with Crippen LogP contribution < -0.4 is 14.8 Å². The van der Waals surface area contributed by atoms with Gasteiger partial charge in [0.25, 0.3) is 0 Å². The third-order valence-corrected chi connectivity index (χ3v) is 4.84. The highest BCUT2D eigenvalue weighted by Gasteiger charge is 2.13. The lowest BCUT2D eigenvalue weighted by atomic mass is 10.2. The van der Waals surface area contributed by atoms with Crippen molar-refractivity contribution in [3.8, 4) is 11.5 Å². The Labute approximate surface area is 136 Å². The van der Waals surface area contributed by atoms with Gasteiger partial charge in [0.1, 0.15) is 6.61 Å². The molecule has 0 aliphatic carbocycles. The van der Waals surface area contributed by atoms with Crippen molar-refractivity contribution in [1.82, 2.24) is 5.32 Å². The van der Waals surface area contributed by atoms with E-state index >= 15 is 0 Å². The zero-order chi connectivity index (χ0) is 14.5. The molecule has 20 heavy (non-hydrogen) atoms. The van der Waals surface area contributed by atoms with Crippen LogP contribution in [0.2, 0.25) is 5.02 Å². The second-order valence-electron chi connectivity index (χ2n) is 4.11. The molecule has 1 heterocycles. The van der Waals surface area contributed by atoms with Crippen molar-refractivity contribution < 1.29 is 9.47 Å². The topological polar surface area (TPSA) is 30.5 Å². The van der Waals surface area contributed by atoms with Gasteiger partial charge in [-0.25, -0.2) is 0 Å². The number of rotatable bonds is 6. The van der Waals surface area contributed by atoms with Gasteiger partial charge in [-0.2, -0.15) is 0 Å². The molecule has 1 aromatic heterocycles. The molecule has 2 aromatic rings. The van der Waals surface area contributed by atoms with Crippen molar-refractivity contribution in [2.24, 2.45) is 0 Å². The number of methoxy groups -OCH3 is 1. The summed E-state index contributed by atoms with van der Waals surface area (Å²) in [4.78, 5) is 1.14. The highest BCUT2D eigenvalue weighted by Crippen LogP contribution is 2.36. The second kappa shape index (κ2) is 7.31.